The minimum absolute atomic E-state index is 0.0741. The Hall–Kier alpha value is -3.21. The SMILES string of the molecule is O=[N+]([O-])c1cccc(NS(=O)(=O)c2ccc(O)c([N+](=O)[O-])c2)c1. The van der Waals surface area contributed by atoms with Gasteiger partial charge in [0, 0.05) is 18.2 Å². The molecule has 0 radical (unpaired) electrons. The van der Waals surface area contributed by atoms with Gasteiger partial charge < -0.3 is 5.11 Å². The maximum Gasteiger partial charge on any atom is 0.312 e. The van der Waals surface area contributed by atoms with Crippen LogP contribution >= 0.6 is 0 Å². The van der Waals surface area contributed by atoms with E-state index >= 15 is 0 Å². The van der Waals surface area contributed by atoms with Gasteiger partial charge in [-0.05, 0) is 18.2 Å². The maximum absolute atomic E-state index is 12.2. The lowest BCUT2D eigenvalue weighted by molar-refractivity contribution is -0.386. The Morgan fingerprint density at radius 3 is 2.30 bits per heavy atom. The van der Waals surface area contributed by atoms with Gasteiger partial charge in [-0.25, -0.2) is 8.42 Å². The van der Waals surface area contributed by atoms with Crippen LogP contribution in [0.2, 0.25) is 0 Å². The van der Waals surface area contributed by atoms with Crippen molar-refractivity contribution in [2.45, 2.75) is 4.90 Å². The number of non-ortho nitro benzene ring substituents is 1. The summed E-state index contributed by atoms with van der Waals surface area (Å²) in [5, 5.41) is 30.7. The number of hydrogen-bond acceptors (Lipinski definition) is 7. The molecule has 2 N–H and O–H groups in total. The highest BCUT2D eigenvalue weighted by Gasteiger charge is 2.21. The number of benzene rings is 2. The Morgan fingerprint density at radius 1 is 1.00 bits per heavy atom. The molecule has 0 unspecified atom stereocenters. The molecule has 0 bridgehead atoms. The van der Waals surface area contributed by atoms with Crippen molar-refractivity contribution < 1.29 is 23.4 Å². The number of sulfonamides is 1. The molecule has 0 saturated carbocycles. The minimum atomic E-state index is -4.22. The second-order valence-corrected chi connectivity index (χ2v) is 6.00. The van der Waals surface area contributed by atoms with Crippen LogP contribution in [-0.4, -0.2) is 23.4 Å². The van der Waals surface area contributed by atoms with E-state index in [2.05, 4.69) is 4.72 Å². The van der Waals surface area contributed by atoms with Crippen LogP contribution in [0.1, 0.15) is 0 Å². The van der Waals surface area contributed by atoms with E-state index < -0.39 is 36.2 Å². The zero-order valence-electron chi connectivity index (χ0n) is 11.2. The fourth-order valence-corrected chi connectivity index (χ4v) is 2.78. The molecular formula is C12H9N3O7S. The summed E-state index contributed by atoms with van der Waals surface area (Å²) in [4.78, 5) is 19.3. The molecule has 0 saturated heterocycles. The lowest BCUT2D eigenvalue weighted by Crippen LogP contribution is -2.13. The Morgan fingerprint density at radius 2 is 1.70 bits per heavy atom. The van der Waals surface area contributed by atoms with E-state index in [1.807, 2.05) is 0 Å². The average molecular weight is 339 g/mol. The molecule has 0 heterocycles. The van der Waals surface area contributed by atoms with Crippen molar-refractivity contribution in [2.75, 3.05) is 4.72 Å². The molecular weight excluding hydrogens is 330 g/mol. The first kappa shape index (κ1) is 16.2. The summed E-state index contributed by atoms with van der Waals surface area (Å²) in [7, 11) is -4.22. The van der Waals surface area contributed by atoms with Crippen LogP contribution in [-0.2, 0) is 10.0 Å². The summed E-state index contributed by atoms with van der Waals surface area (Å²) in [6.45, 7) is 0. The predicted octanol–water partition coefficient (Wildman–Crippen LogP) is 2.01. The fraction of sp³-hybridized carbons (Fsp3) is 0. The van der Waals surface area contributed by atoms with Crippen molar-refractivity contribution in [3.8, 4) is 5.75 Å². The summed E-state index contributed by atoms with van der Waals surface area (Å²) < 4.78 is 26.4. The highest BCUT2D eigenvalue weighted by Crippen LogP contribution is 2.29. The number of anilines is 1. The zero-order chi connectivity index (χ0) is 17.2. The van der Waals surface area contributed by atoms with Gasteiger partial charge in [0.2, 0.25) is 0 Å². The molecule has 120 valence electrons. The van der Waals surface area contributed by atoms with E-state index in [9.17, 15) is 33.8 Å². The third-order valence-electron chi connectivity index (χ3n) is 2.76. The van der Waals surface area contributed by atoms with Crippen molar-refractivity contribution >= 4 is 27.1 Å². The molecule has 0 aliphatic carbocycles. The number of nitrogens with one attached hydrogen (secondary N) is 1. The molecule has 0 aliphatic rings. The van der Waals surface area contributed by atoms with Crippen LogP contribution in [0.3, 0.4) is 0 Å². The highest BCUT2D eigenvalue weighted by atomic mass is 32.2. The monoisotopic (exact) mass is 339 g/mol. The Labute approximate surface area is 129 Å². The fourth-order valence-electron chi connectivity index (χ4n) is 1.71. The van der Waals surface area contributed by atoms with Gasteiger partial charge in [0.25, 0.3) is 15.7 Å². The molecule has 0 atom stereocenters. The minimum Gasteiger partial charge on any atom is -0.502 e. The molecule has 11 heteroatoms. The summed E-state index contributed by atoms with van der Waals surface area (Å²) in [6.07, 6.45) is 0. The van der Waals surface area contributed by atoms with Gasteiger partial charge in [0.1, 0.15) is 0 Å². The molecule has 2 aromatic rings. The highest BCUT2D eigenvalue weighted by molar-refractivity contribution is 7.92. The predicted molar refractivity (Wildman–Crippen MR) is 78.7 cm³/mol. The molecule has 0 amide bonds. The third kappa shape index (κ3) is 3.52. The number of nitrogens with zero attached hydrogens (tertiary/aromatic N) is 2. The average Bonchev–Trinajstić information content (AvgIpc) is 2.46. The largest absolute Gasteiger partial charge is 0.502 e. The van der Waals surface area contributed by atoms with E-state index in [1.165, 1.54) is 18.2 Å². The summed E-state index contributed by atoms with van der Waals surface area (Å²) in [5.41, 5.74) is -1.16. The Kier molecular flexibility index (Phi) is 4.14. The van der Waals surface area contributed by atoms with Crippen LogP contribution in [0.5, 0.6) is 5.75 Å². The second-order valence-electron chi connectivity index (χ2n) is 4.32. The van der Waals surface area contributed by atoms with Crippen molar-refractivity contribution in [3.63, 3.8) is 0 Å². The van der Waals surface area contributed by atoms with E-state index in [4.69, 9.17) is 0 Å². The second kappa shape index (κ2) is 5.88. The standard InChI is InChI=1S/C12H9N3O7S/c16-12-5-4-10(7-11(12)15(19)20)23(21,22)13-8-2-1-3-9(6-8)14(17)18/h1-7,13,16H. The van der Waals surface area contributed by atoms with Gasteiger partial charge in [0.15, 0.2) is 5.75 Å². The van der Waals surface area contributed by atoms with Crippen LogP contribution < -0.4 is 4.72 Å². The number of phenols is 1. The van der Waals surface area contributed by atoms with Crippen molar-refractivity contribution in [1.29, 1.82) is 0 Å². The van der Waals surface area contributed by atoms with Gasteiger partial charge >= 0.3 is 5.69 Å². The Bertz CT molecular complexity index is 895. The van der Waals surface area contributed by atoms with E-state index in [0.717, 1.165) is 18.2 Å². The molecule has 2 aromatic carbocycles. The number of phenolic OH excluding ortho intramolecular Hbond substituents is 1. The number of nitro benzene ring substituents is 2. The molecule has 23 heavy (non-hydrogen) atoms. The van der Waals surface area contributed by atoms with Crippen LogP contribution in [0.4, 0.5) is 17.1 Å². The Balaban J connectivity index is 2.40. The third-order valence-corrected chi connectivity index (χ3v) is 4.14. The quantitative estimate of drug-likeness (QED) is 0.624. The summed E-state index contributed by atoms with van der Waals surface area (Å²) >= 11 is 0. The first-order chi connectivity index (χ1) is 10.7. The molecule has 0 aromatic heterocycles. The van der Waals surface area contributed by atoms with Gasteiger partial charge in [0.05, 0.1) is 20.4 Å². The van der Waals surface area contributed by atoms with Gasteiger partial charge in [-0.1, -0.05) is 6.07 Å². The number of hydrogen-bond donors (Lipinski definition) is 2. The van der Waals surface area contributed by atoms with Crippen molar-refractivity contribution in [1.82, 2.24) is 0 Å². The topological polar surface area (TPSA) is 153 Å². The van der Waals surface area contributed by atoms with Gasteiger partial charge in [-0.2, -0.15) is 0 Å². The lowest BCUT2D eigenvalue weighted by Gasteiger charge is -2.08. The smallest absolute Gasteiger partial charge is 0.312 e. The first-order valence-corrected chi connectivity index (χ1v) is 7.44. The molecule has 0 spiro atoms. The number of aromatic hydroxyl groups is 1. The van der Waals surface area contributed by atoms with Crippen LogP contribution in [0.25, 0.3) is 0 Å². The molecule has 2 rings (SSSR count). The first-order valence-electron chi connectivity index (χ1n) is 5.95. The van der Waals surface area contributed by atoms with E-state index in [-0.39, 0.29) is 11.4 Å². The zero-order valence-corrected chi connectivity index (χ0v) is 12.1. The summed E-state index contributed by atoms with van der Waals surface area (Å²) in [5.74, 6) is -0.677. The van der Waals surface area contributed by atoms with Gasteiger partial charge in [-0.3, -0.25) is 25.0 Å². The molecule has 0 aliphatic heterocycles. The summed E-state index contributed by atoms with van der Waals surface area (Å²) in [6, 6.07) is 7.31. The van der Waals surface area contributed by atoms with Crippen LogP contribution in [0, 0.1) is 20.2 Å². The normalized spacial score (nSPS) is 11.0. The number of rotatable bonds is 5. The number of nitro groups is 2. The molecule has 0 fully saturated rings. The van der Waals surface area contributed by atoms with E-state index in [1.54, 1.807) is 0 Å². The molecule has 10 nitrogen and oxygen atoms in total. The maximum atomic E-state index is 12.2. The van der Waals surface area contributed by atoms with Gasteiger partial charge in [-0.15, -0.1) is 0 Å². The van der Waals surface area contributed by atoms with Crippen molar-refractivity contribution in [3.05, 3.63) is 62.7 Å². The lowest BCUT2D eigenvalue weighted by atomic mass is 10.3. The van der Waals surface area contributed by atoms with Crippen molar-refractivity contribution in [2.24, 2.45) is 0 Å². The van der Waals surface area contributed by atoms with E-state index in [0.29, 0.717) is 6.07 Å². The van der Waals surface area contributed by atoms with Crippen LogP contribution in [0.15, 0.2) is 47.4 Å².